The van der Waals surface area contributed by atoms with Gasteiger partial charge in [-0.05, 0) is 74.9 Å². The number of anilines is 1. The van der Waals surface area contributed by atoms with E-state index in [1.165, 1.54) is 25.1 Å². The molecular formula is C23H22F2N2O3S. The monoisotopic (exact) mass is 444 g/mol. The molecule has 0 aliphatic rings. The zero-order valence-electron chi connectivity index (χ0n) is 17.3. The SMILES string of the molecule is C/C=C/c1cc(-c2cc(NS(=O)(=O)CC)ccc2Oc2ccc(F)cc2F)cc(C)n1. The lowest BCUT2D eigenvalue weighted by atomic mass is 10.0. The van der Waals surface area contributed by atoms with Crippen LogP contribution in [0.25, 0.3) is 17.2 Å². The standard InChI is InChI=1S/C23H22F2N2O3S/c1-4-6-18-12-16(11-15(3)26-18)20-14-19(27-31(28,29)5-2)8-10-22(20)30-23-9-7-17(24)13-21(23)25/h4,6-14,27H,5H2,1-3H3/b6-4+. The summed E-state index contributed by atoms with van der Waals surface area (Å²) in [6, 6.07) is 11.3. The summed E-state index contributed by atoms with van der Waals surface area (Å²) in [5, 5.41) is 0. The second-order valence-corrected chi connectivity index (χ2v) is 8.83. The largest absolute Gasteiger partial charge is 0.454 e. The van der Waals surface area contributed by atoms with Crippen molar-refractivity contribution in [2.75, 3.05) is 10.5 Å². The highest BCUT2D eigenvalue weighted by Crippen LogP contribution is 2.37. The lowest BCUT2D eigenvalue weighted by Crippen LogP contribution is -2.14. The average molecular weight is 445 g/mol. The summed E-state index contributed by atoms with van der Waals surface area (Å²) in [4.78, 5) is 4.44. The van der Waals surface area contributed by atoms with Gasteiger partial charge in [-0.25, -0.2) is 17.2 Å². The lowest BCUT2D eigenvalue weighted by molar-refractivity contribution is 0.439. The van der Waals surface area contributed by atoms with Gasteiger partial charge in [-0.1, -0.05) is 6.08 Å². The first kappa shape index (κ1) is 22.4. The molecule has 2 aromatic carbocycles. The van der Waals surface area contributed by atoms with Crippen LogP contribution in [0.1, 0.15) is 25.2 Å². The highest BCUT2D eigenvalue weighted by molar-refractivity contribution is 7.92. The number of sulfonamides is 1. The van der Waals surface area contributed by atoms with Gasteiger partial charge in [0.05, 0.1) is 11.4 Å². The Morgan fingerprint density at radius 1 is 1.06 bits per heavy atom. The van der Waals surface area contributed by atoms with Gasteiger partial charge in [-0.2, -0.15) is 0 Å². The molecule has 1 heterocycles. The van der Waals surface area contributed by atoms with Crippen molar-refractivity contribution in [1.29, 1.82) is 0 Å². The van der Waals surface area contributed by atoms with Crippen LogP contribution in [-0.2, 0) is 10.0 Å². The number of allylic oxidation sites excluding steroid dienone is 1. The van der Waals surface area contributed by atoms with Crippen LogP contribution >= 0.6 is 0 Å². The van der Waals surface area contributed by atoms with E-state index in [4.69, 9.17) is 4.74 Å². The van der Waals surface area contributed by atoms with Crippen molar-refractivity contribution in [3.05, 3.63) is 77.6 Å². The minimum atomic E-state index is -3.50. The molecule has 0 saturated heterocycles. The molecule has 0 fully saturated rings. The maximum absolute atomic E-state index is 14.2. The van der Waals surface area contributed by atoms with Crippen molar-refractivity contribution in [3.8, 4) is 22.6 Å². The Balaban J connectivity index is 2.14. The van der Waals surface area contributed by atoms with Crippen LogP contribution in [0.2, 0.25) is 0 Å². The van der Waals surface area contributed by atoms with Gasteiger partial charge in [0.2, 0.25) is 10.0 Å². The van der Waals surface area contributed by atoms with Crippen molar-refractivity contribution in [2.24, 2.45) is 0 Å². The van der Waals surface area contributed by atoms with Crippen LogP contribution in [-0.4, -0.2) is 19.2 Å². The van der Waals surface area contributed by atoms with Gasteiger partial charge >= 0.3 is 0 Å². The quantitative estimate of drug-likeness (QED) is 0.491. The summed E-state index contributed by atoms with van der Waals surface area (Å²) in [5.41, 5.74) is 3.01. The third-order valence-electron chi connectivity index (χ3n) is 4.37. The van der Waals surface area contributed by atoms with Crippen molar-refractivity contribution in [2.45, 2.75) is 20.8 Å². The zero-order chi connectivity index (χ0) is 22.6. The highest BCUT2D eigenvalue weighted by Gasteiger charge is 2.15. The van der Waals surface area contributed by atoms with Crippen LogP contribution in [0, 0.1) is 18.6 Å². The van der Waals surface area contributed by atoms with E-state index in [1.807, 2.05) is 38.1 Å². The molecule has 0 saturated carbocycles. The van der Waals surface area contributed by atoms with Gasteiger partial charge in [0.25, 0.3) is 0 Å². The van der Waals surface area contributed by atoms with Crippen molar-refractivity contribution >= 4 is 21.8 Å². The summed E-state index contributed by atoms with van der Waals surface area (Å²) in [7, 11) is -3.50. The lowest BCUT2D eigenvalue weighted by Gasteiger charge is -2.15. The second-order valence-electron chi connectivity index (χ2n) is 6.82. The molecule has 162 valence electrons. The number of ether oxygens (including phenoxy) is 1. The molecular weight excluding hydrogens is 422 g/mol. The van der Waals surface area contributed by atoms with Gasteiger partial charge < -0.3 is 4.74 Å². The molecule has 31 heavy (non-hydrogen) atoms. The third kappa shape index (κ3) is 5.67. The Labute approximate surface area is 180 Å². The number of rotatable bonds is 7. The number of nitrogens with one attached hydrogen (secondary N) is 1. The summed E-state index contributed by atoms with van der Waals surface area (Å²) in [5.74, 6) is -1.51. The molecule has 1 N–H and O–H groups in total. The normalized spacial score (nSPS) is 11.6. The topological polar surface area (TPSA) is 68.3 Å². The van der Waals surface area contributed by atoms with E-state index in [2.05, 4.69) is 9.71 Å². The van der Waals surface area contributed by atoms with E-state index in [0.717, 1.165) is 17.8 Å². The summed E-state index contributed by atoms with van der Waals surface area (Å²) in [6.45, 7) is 5.24. The molecule has 8 heteroatoms. The van der Waals surface area contributed by atoms with E-state index in [1.54, 1.807) is 6.07 Å². The molecule has 1 aromatic heterocycles. The number of aromatic nitrogens is 1. The Morgan fingerprint density at radius 3 is 2.48 bits per heavy atom. The highest BCUT2D eigenvalue weighted by atomic mass is 32.2. The maximum atomic E-state index is 14.2. The van der Waals surface area contributed by atoms with E-state index in [9.17, 15) is 17.2 Å². The van der Waals surface area contributed by atoms with Gasteiger partial charge in [0.1, 0.15) is 11.6 Å². The predicted molar refractivity (Wildman–Crippen MR) is 119 cm³/mol. The second kappa shape index (κ2) is 9.26. The molecule has 0 aliphatic heterocycles. The molecule has 0 spiro atoms. The number of nitrogens with zero attached hydrogens (tertiary/aromatic N) is 1. The van der Waals surface area contributed by atoms with Crippen molar-refractivity contribution < 1.29 is 21.9 Å². The fourth-order valence-electron chi connectivity index (χ4n) is 2.94. The van der Waals surface area contributed by atoms with Crippen LogP contribution < -0.4 is 9.46 Å². The van der Waals surface area contributed by atoms with Crippen molar-refractivity contribution in [3.63, 3.8) is 0 Å². The van der Waals surface area contributed by atoms with E-state index >= 15 is 0 Å². The first-order chi connectivity index (χ1) is 14.7. The van der Waals surface area contributed by atoms with E-state index < -0.39 is 21.7 Å². The third-order valence-corrected chi connectivity index (χ3v) is 5.68. The van der Waals surface area contributed by atoms with Gasteiger partial charge in [0.15, 0.2) is 11.6 Å². The fourth-order valence-corrected chi connectivity index (χ4v) is 3.57. The zero-order valence-corrected chi connectivity index (χ0v) is 18.1. The number of aryl methyl sites for hydroxylation is 1. The first-order valence-electron chi connectivity index (χ1n) is 9.60. The number of hydrogen-bond donors (Lipinski definition) is 1. The Kier molecular flexibility index (Phi) is 6.70. The predicted octanol–water partition coefficient (Wildman–Crippen LogP) is 5.92. The average Bonchev–Trinajstić information content (AvgIpc) is 2.70. The molecule has 0 aliphatic carbocycles. The Bertz CT molecular complexity index is 1240. The minimum Gasteiger partial charge on any atom is -0.454 e. The Morgan fingerprint density at radius 2 is 1.81 bits per heavy atom. The smallest absolute Gasteiger partial charge is 0.232 e. The maximum Gasteiger partial charge on any atom is 0.232 e. The van der Waals surface area contributed by atoms with E-state index in [-0.39, 0.29) is 17.3 Å². The number of benzene rings is 2. The summed E-state index contributed by atoms with van der Waals surface area (Å²) in [6.07, 6.45) is 3.68. The van der Waals surface area contributed by atoms with Crippen LogP contribution in [0.4, 0.5) is 14.5 Å². The van der Waals surface area contributed by atoms with Crippen LogP contribution in [0.3, 0.4) is 0 Å². The fraction of sp³-hybridized carbons (Fsp3) is 0.174. The first-order valence-corrected chi connectivity index (χ1v) is 11.2. The molecule has 0 unspecified atom stereocenters. The summed E-state index contributed by atoms with van der Waals surface area (Å²) >= 11 is 0. The number of pyridine rings is 1. The van der Waals surface area contributed by atoms with Crippen LogP contribution in [0.5, 0.6) is 11.5 Å². The molecule has 0 atom stereocenters. The molecule has 3 rings (SSSR count). The van der Waals surface area contributed by atoms with E-state index in [0.29, 0.717) is 22.5 Å². The Hall–Kier alpha value is -3.26. The van der Waals surface area contributed by atoms with Gasteiger partial charge in [-0.15, -0.1) is 0 Å². The number of halogens is 2. The van der Waals surface area contributed by atoms with Gasteiger partial charge in [-0.3, -0.25) is 9.71 Å². The minimum absolute atomic E-state index is 0.0822. The molecule has 0 amide bonds. The summed E-state index contributed by atoms with van der Waals surface area (Å²) < 4.78 is 59.7. The molecule has 0 radical (unpaired) electrons. The molecule has 3 aromatic rings. The van der Waals surface area contributed by atoms with Gasteiger partial charge in [0, 0.05) is 23.0 Å². The van der Waals surface area contributed by atoms with Crippen molar-refractivity contribution in [1.82, 2.24) is 4.98 Å². The molecule has 5 nitrogen and oxygen atoms in total. The molecule has 0 bridgehead atoms. The van der Waals surface area contributed by atoms with Crippen LogP contribution in [0.15, 0.2) is 54.6 Å². The number of hydrogen-bond acceptors (Lipinski definition) is 4.